The van der Waals surface area contributed by atoms with Crippen LogP contribution in [0.5, 0.6) is 16.8 Å². The summed E-state index contributed by atoms with van der Waals surface area (Å²) in [5, 5.41) is 29.6. The molecule has 132 valence electrons. The lowest BCUT2D eigenvalue weighted by Gasteiger charge is -1.90. The number of fused-ring (bicyclic) bond motifs is 1. The first kappa shape index (κ1) is 18.5. The molecule has 0 atom stereocenters. The van der Waals surface area contributed by atoms with E-state index in [1.807, 2.05) is 32.2 Å². The van der Waals surface area contributed by atoms with E-state index in [2.05, 4.69) is 4.42 Å². The Bertz CT molecular complexity index is 861. The number of phenolic OH excluding ortho intramolecular Hbond substituents is 1. The van der Waals surface area contributed by atoms with Gasteiger partial charge in [-0.15, -0.1) is 11.3 Å². The van der Waals surface area contributed by atoms with E-state index in [0.717, 1.165) is 27.7 Å². The van der Waals surface area contributed by atoms with Crippen molar-refractivity contribution in [2.45, 2.75) is 20.8 Å². The van der Waals surface area contributed by atoms with Gasteiger partial charge < -0.3 is 24.2 Å². The second kappa shape index (κ2) is 8.30. The summed E-state index contributed by atoms with van der Waals surface area (Å²) in [7, 11) is 0. The number of phenols is 1. The number of benzene rings is 1. The number of furan rings is 2. The second-order valence-electron chi connectivity index (χ2n) is 5.52. The Morgan fingerprint density at radius 2 is 1.60 bits per heavy atom. The summed E-state index contributed by atoms with van der Waals surface area (Å²) in [5.74, 6) is 0.226. The number of rotatable bonds is 0. The van der Waals surface area contributed by atoms with Crippen LogP contribution in [0.4, 0.5) is 0 Å². The normalized spacial score (nSPS) is 9.88. The van der Waals surface area contributed by atoms with E-state index in [1.165, 1.54) is 17.6 Å². The number of hydrogen-bond acceptors (Lipinski definition) is 6. The van der Waals surface area contributed by atoms with Gasteiger partial charge in [0, 0.05) is 17.5 Å². The average molecular weight is 360 g/mol. The monoisotopic (exact) mass is 360 g/mol. The largest absolute Gasteiger partial charge is 0.508 e. The van der Waals surface area contributed by atoms with Crippen LogP contribution in [-0.4, -0.2) is 15.3 Å². The Kier molecular flexibility index (Phi) is 6.14. The first-order valence-electron chi connectivity index (χ1n) is 7.50. The van der Waals surface area contributed by atoms with Crippen LogP contribution >= 0.6 is 11.3 Å². The minimum atomic E-state index is -0.0162. The smallest absolute Gasteiger partial charge is 0.281 e. The maximum atomic E-state index is 9.08. The molecule has 0 saturated carbocycles. The first-order valence-corrected chi connectivity index (χ1v) is 8.38. The van der Waals surface area contributed by atoms with Crippen molar-refractivity contribution in [2.75, 3.05) is 0 Å². The van der Waals surface area contributed by atoms with Gasteiger partial charge in [0.25, 0.3) is 5.95 Å². The Hall–Kier alpha value is -2.86. The lowest BCUT2D eigenvalue weighted by atomic mass is 10.2. The number of aromatic hydroxyl groups is 3. The molecule has 3 N–H and O–H groups in total. The molecule has 0 bridgehead atoms. The number of aryl methyl sites for hydroxylation is 3. The van der Waals surface area contributed by atoms with E-state index in [-0.39, 0.29) is 11.7 Å². The van der Waals surface area contributed by atoms with Crippen LogP contribution in [-0.2, 0) is 0 Å². The third-order valence-electron chi connectivity index (χ3n) is 3.19. The van der Waals surface area contributed by atoms with E-state index in [9.17, 15) is 0 Å². The van der Waals surface area contributed by atoms with Crippen LogP contribution in [0.1, 0.15) is 16.7 Å². The predicted octanol–water partition coefficient (Wildman–Crippen LogP) is 5.50. The van der Waals surface area contributed by atoms with Gasteiger partial charge in [-0.25, -0.2) is 0 Å². The van der Waals surface area contributed by atoms with Crippen molar-refractivity contribution in [3.05, 3.63) is 64.9 Å². The highest BCUT2D eigenvalue weighted by Gasteiger charge is 2.00. The summed E-state index contributed by atoms with van der Waals surface area (Å²) in [4.78, 5) is 0. The second-order valence-corrected chi connectivity index (χ2v) is 6.41. The summed E-state index contributed by atoms with van der Waals surface area (Å²) in [6, 6.07) is 8.42. The molecule has 0 radical (unpaired) electrons. The molecule has 5 nitrogen and oxygen atoms in total. The summed E-state index contributed by atoms with van der Waals surface area (Å²) >= 11 is 1.36. The van der Waals surface area contributed by atoms with Crippen molar-refractivity contribution in [2.24, 2.45) is 0 Å². The zero-order chi connectivity index (χ0) is 18.4. The highest BCUT2D eigenvalue weighted by atomic mass is 32.1. The van der Waals surface area contributed by atoms with Gasteiger partial charge >= 0.3 is 0 Å². The van der Waals surface area contributed by atoms with Crippen LogP contribution in [0.2, 0.25) is 0 Å². The van der Waals surface area contributed by atoms with E-state index in [4.69, 9.17) is 19.7 Å². The van der Waals surface area contributed by atoms with Gasteiger partial charge in [-0.3, -0.25) is 0 Å². The standard InChI is InChI=1S/C9H8O2.C5H6O2.C5H6OS/c1-6-5-11-9-4-7(10)2-3-8(6)9;2*1-4-2-5(6)7-3-4/h2-5,10H,1H3;2*2-3,6H,1H3. The van der Waals surface area contributed by atoms with Crippen LogP contribution in [0.15, 0.2) is 57.1 Å². The van der Waals surface area contributed by atoms with Gasteiger partial charge in [-0.1, -0.05) is 0 Å². The van der Waals surface area contributed by atoms with Crippen molar-refractivity contribution >= 4 is 22.3 Å². The molecule has 4 aromatic rings. The predicted molar refractivity (Wildman–Crippen MR) is 98.4 cm³/mol. The molecule has 0 spiro atoms. The fourth-order valence-electron chi connectivity index (χ4n) is 1.98. The van der Waals surface area contributed by atoms with E-state index < -0.39 is 0 Å². The molecule has 0 unspecified atom stereocenters. The Balaban J connectivity index is 0.000000142. The summed E-state index contributed by atoms with van der Waals surface area (Å²) in [6.45, 7) is 5.78. The highest BCUT2D eigenvalue weighted by molar-refractivity contribution is 7.11. The highest BCUT2D eigenvalue weighted by Crippen LogP contribution is 2.23. The van der Waals surface area contributed by atoms with Gasteiger partial charge in [0.1, 0.15) is 11.3 Å². The topological polar surface area (TPSA) is 87.0 Å². The zero-order valence-corrected chi connectivity index (χ0v) is 15.0. The lowest BCUT2D eigenvalue weighted by molar-refractivity contribution is 0.332. The number of hydrogen-bond donors (Lipinski definition) is 3. The zero-order valence-electron chi connectivity index (χ0n) is 14.2. The first-order chi connectivity index (χ1) is 11.8. The maximum absolute atomic E-state index is 9.08. The van der Waals surface area contributed by atoms with E-state index in [1.54, 1.807) is 30.5 Å². The molecular formula is C19H20O5S. The van der Waals surface area contributed by atoms with Gasteiger partial charge in [-0.2, -0.15) is 0 Å². The Morgan fingerprint density at radius 1 is 0.840 bits per heavy atom. The summed E-state index contributed by atoms with van der Waals surface area (Å²) < 4.78 is 9.69. The minimum Gasteiger partial charge on any atom is -0.508 e. The lowest BCUT2D eigenvalue weighted by Crippen LogP contribution is -1.66. The van der Waals surface area contributed by atoms with Crippen molar-refractivity contribution in [1.29, 1.82) is 0 Å². The molecule has 6 heteroatoms. The average Bonchev–Trinajstić information content (AvgIpc) is 3.23. The number of thiophene rings is 1. The van der Waals surface area contributed by atoms with Gasteiger partial charge in [0.15, 0.2) is 5.06 Å². The van der Waals surface area contributed by atoms with Crippen molar-refractivity contribution < 1.29 is 24.2 Å². The summed E-state index contributed by atoms with van der Waals surface area (Å²) in [5.41, 5.74) is 3.91. The van der Waals surface area contributed by atoms with Gasteiger partial charge in [0.2, 0.25) is 0 Å². The van der Waals surface area contributed by atoms with Gasteiger partial charge in [0.05, 0.1) is 12.5 Å². The molecule has 0 amide bonds. The molecular weight excluding hydrogens is 340 g/mol. The summed E-state index contributed by atoms with van der Waals surface area (Å²) in [6.07, 6.45) is 3.18. The SMILES string of the molecule is Cc1coc(O)c1.Cc1coc2cc(O)ccc12.Cc1csc(O)c1. The fraction of sp³-hybridized carbons (Fsp3) is 0.158. The molecule has 3 heterocycles. The fourth-order valence-corrected chi connectivity index (χ4v) is 2.61. The molecule has 4 rings (SSSR count). The molecule has 1 aromatic carbocycles. The molecule has 25 heavy (non-hydrogen) atoms. The molecule has 0 fully saturated rings. The van der Waals surface area contributed by atoms with Crippen LogP contribution in [0, 0.1) is 20.8 Å². The maximum Gasteiger partial charge on any atom is 0.281 e. The Morgan fingerprint density at radius 3 is 2.04 bits per heavy atom. The van der Waals surface area contributed by atoms with E-state index in [0.29, 0.717) is 5.06 Å². The minimum absolute atomic E-state index is 0.0162. The van der Waals surface area contributed by atoms with Crippen molar-refractivity contribution in [1.82, 2.24) is 0 Å². The Labute approximate surface area is 149 Å². The molecule has 0 saturated heterocycles. The quantitative estimate of drug-likeness (QED) is 0.385. The van der Waals surface area contributed by atoms with Gasteiger partial charge in [-0.05, 0) is 61.0 Å². The molecule has 0 aliphatic carbocycles. The third-order valence-corrected chi connectivity index (χ3v) is 4.04. The van der Waals surface area contributed by atoms with E-state index >= 15 is 0 Å². The van der Waals surface area contributed by atoms with Crippen LogP contribution < -0.4 is 0 Å². The van der Waals surface area contributed by atoms with Crippen molar-refractivity contribution in [3.63, 3.8) is 0 Å². The molecule has 0 aliphatic heterocycles. The van der Waals surface area contributed by atoms with Crippen LogP contribution in [0.3, 0.4) is 0 Å². The van der Waals surface area contributed by atoms with Crippen LogP contribution in [0.25, 0.3) is 11.0 Å². The third kappa shape index (κ3) is 5.61. The molecule has 3 aromatic heterocycles. The van der Waals surface area contributed by atoms with Crippen molar-refractivity contribution in [3.8, 4) is 16.8 Å². The molecule has 0 aliphatic rings.